The average Bonchev–Trinajstić information content (AvgIpc) is 2.93. The summed E-state index contributed by atoms with van der Waals surface area (Å²) < 4.78 is 9.16. The molecule has 0 saturated carbocycles. The van der Waals surface area contributed by atoms with Gasteiger partial charge in [0.15, 0.2) is 0 Å². The Morgan fingerprint density at radius 2 is 2.00 bits per heavy atom. The second kappa shape index (κ2) is 5.16. The Hall–Kier alpha value is -0.430. The molecule has 2 saturated heterocycles. The van der Waals surface area contributed by atoms with Gasteiger partial charge in [0.25, 0.3) is 0 Å². The minimum absolute atomic E-state index is 0.267. The van der Waals surface area contributed by atoms with E-state index in [1.807, 2.05) is 0 Å². The number of nitrogens with zero attached hydrogens (tertiary/aromatic N) is 1. The lowest BCUT2D eigenvalue weighted by Crippen LogP contribution is -2.30. The molecule has 2 aliphatic rings. The Bertz CT molecular complexity index is 428. The van der Waals surface area contributed by atoms with Gasteiger partial charge in [0.1, 0.15) is 8.30 Å². The molecule has 0 aromatic heterocycles. The third-order valence-corrected chi connectivity index (χ3v) is 6.60. The number of fused-ring (bicyclic) bond motifs is 1. The van der Waals surface area contributed by atoms with Crippen molar-refractivity contribution in [1.29, 1.82) is 0 Å². The van der Waals surface area contributed by atoms with Crippen molar-refractivity contribution in [3.63, 3.8) is 0 Å². The summed E-state index contributed by atoms with van der Waals surface area (Å²) in [6.07, 6.45) is 4.12. The van der Waals surface area contributed by atoms with Crippen LogP contribution in [0.15, 0.2) is 30.3 Å². The molecule has 2 heterocycles. The summed E-state index contributed by atoms with van der Waals surface area (Å²) >= 11 is 0. The Balaban J connectivity index is 1.76. The van der Waals surface area contributed by atoms with Crippen molar-refractivity contribution in [3.05, 3.63) is 35.9 Å². The van der Waals surface area contributed by atoms with Gasteiger partial charge in [-0.05, 0) is 18.4 Å². The Kier molecular flexibility index (Phi) is 3.68. The van der Waals surface area contributed by atoms with E-state index < -0.39 is 8.30 Å². The molecule has 2 nitrogen and oxygen atoms in total. The van der Waals surface area contributed by atoms with Crippen LogP contribution in [0.4, 0.5) is 0 Å². The van der Waals surface area contributed by atoms with E-state index in [2.05, 4.69) is 55.8 Å². The standard InChI is InChI=1S/C16H24NOP/c1-16(2,3)19-17-11-7-10-14(17)15(18-19)12-13-8-5-4-6-9-13/h4-6,8-9,14-15H,7,10-12H2,1-3H3/t14-,15+,19-/m1/s1. The highest BCUT2D eigenvalue weighted by Crippen LogP contribution is 2.62. The summed E-state index contributed by atoms with van der Waals surface area (Å²) in [6.45, 7) is 8.19. The maximum atomic E-state index is 6.49. The van der Waals surface area contributed by atoms with Crippen LogP contribution in [0.3, 0.4) is 0 Å². The zero-order chi connectivity index (χ0) is 13.5. The lowest BCUT2D eigenvalue weighted by atomic mass is 10.0. The maximum absolute atomic E-state index is 6.49. The van der Waals surface area contributed by atoms with E-state index in [1.54, 1.807) is 0 Å². The first-order chi connectivity index (χ1) is 9.05. The van der Waals surface area contributed by atoms with Crippen LogP contribution in [0.25, 0.3) is 0 Å². The first kappa shape index (κ1) is 13.5. The van der Waals surface area contributed by atoms with E-state index in [0.717, 1.165) is 6.42 Å². The van der Waals surface area contributed by atoms with Crippen LogP contribution in [0.1, 0.15) is 39.2 Å². The van der Waals surface area contributed by atoms with Gasteiger partial charge in [0, 0.05) is 24.2 Å². The fraction of sp³-hybridized carbons (Fsp3) is 0.625. The largest absolute Gasteiger partial charge is 0.338 e. The minimum atomic E-state index is -0.429. The molecule has 19 heavy (non-hydrogen) atoms. The Morgan fingerprint density at radius 1 is 1.26 bits per heavy atom. The molecule has 0 unspecified atom stereocenters. The normalized spacial score (nSPS) is 31.6. The summed E-state index contributed by atoms with van der Waals surface area (Å²) in [7, 11) is -0.429. The van der Waals surface area contributed by atoms with Gasteiger partial charge in [0.2, 0.25) is 0 Å². The van der Waals surface area contributed by atoms with E-state index in [9.17, 15) is 0 Å². The molecule has 2 fully saturated rings. The molecule has 0 aliphatic carbocycles. The Morgan fingerprint density at radius 3 is 2.68 bits per heavy atom. The monoisotopic (exact) mass is 277 g/mol. The number of hydrogen-bond acceptors (Lipinski definition) is 2. The second-order valence-electron chi connectivity index (χ2n) is 6.65. The van der Waals surface area contributed by atoms with Gasteiger partial charge in [-0.15, -0.1) is 0 Å². The quantitative estimate of drug-likeness (QED) is 0.751. The molecular weight excluding hydrogens is 253 g/mol. The zero-order valence-corrected chi connectivity index (χ0v) is 13.1. The van der Waals surface area contributed by atoms with E-state index in [4.69, 9.17) is 4.52 Å². The molecule has 1 aromatic rings. The predicted molar refractivity (Wildman–Crippen MR) is 81.4 cm³/mol. The zero-order valence-electron chi connectivity index (χ0n) is 12.2. The molecule has 3 atom stereocenters. The summed E-state index contributed by atoms with van der Waals surface area (Å²) in [5.41, 5.74) is 1.41. The van der Waals surface area contributed by atoms with E-state index in [1.165, 1.54) is 24.9 Å². The molecule has 2 aliphatic heterocycles. The molecule has 0 N–H and O–H groups in total. The maximum Gasteiger partial charge on any atom is 0.110 e. The third-order valence-electron chi connectivity index (χ3n) is 4.02. The molecule has 0 bridgehead atoms. The molecule has 0 radical (unpaired) electrons. The van der Waals surface area contributed by atoms with Crippen molar-refractivity contribution in [1.82, 2.24) is 4.67 Å². The molecule has 1 aromatic carbocycles. The number of hydrogen-bond donors (Lipinski definition) is 0. The van der Waals surface area contributed by atoms with Crippen LogP contribution >= 0.6 is 8.30 Å². The van der Waals surface area contributed by atoms with E-state index in [-0.39, 0.29) is 5.16 Å². The molecule has 0 amide bonds. The lowest BCUT2D eigenvalue weighted by molar-refractivity contribution is 0.207. The van der Waals surface area contributed by atoms with Crippen LogP contribution in [-0.2, 0) is 10.9 Å². The lowest BCUT2D eigenvalue weighted by Gasteiger charge is -2.32. The van der Waals surface area contributed by atoms with E-state index >= 15 is 0 Å². The van der Waals surface area contributed by atoms with Crippen molar-refractivity contribution in [2.75, 3.05) is 6.54 Å². The van der Waals surface area contributed by atoms with Crippen molar-refractivity contribution < 1.29 is 4.52 Å². The SMILES string of the molecule is CC(C)(C)[P@@]1O[C@@H](Cc2ccccc2)[C@H]2CCCN21. The Labute approximate surface area is 118 Å². The number of rotatable bonds is 2. The summed E-state index contributed by atoms with van der Waals surface area (Å²) in [4.78, 5) is 0. The van der Waals surface area contributed by atoms with Gasteiger partial charge in [-0.1, -0.05) is 51.1 Å². The fourth-order valence-corrected chi connectivity index (χ4v) is 5.74. The first-order valence-corrected chi connectivity index (χ1v) is 8.54. The summed E-state index contributed by atoms with van der Waals surface area (Å²) in [5.74, 6) is 0. The molecule has 3 heteroatoms. The molecule has 0 spiro atoms. The highest BCUT2D eigenvalue weighted by atomic mass is 31.2. The molecule has 104 valence electrons. The van der Waals surface area contributed by atoms with Gasteiger partial charge < -0.3 is 4.52 Å². The van der Waals surface area contributed by atoms with Crippen LogP contribution < -0.4 is 0 Å². The van der Waals surface area contributed by atoms with Crippen LogP contribution in [-0.4, -0.2) is 28.5 Å². The highest BCUT2D eigenvalue weighted by Gasteiger charge is 2.49. The van der Waals surface area contributed by atoms with Crippen molar-refractivity contribution in [2.45, 2.75) is 57.3 Å². The minimum Gasteiger partial charge on any atom is -0.338 e. The van der Waals surface area contributed by atoms with Gasteiger partial charge in [-0.3, -0.25) is 4.67 Å². The van der Waals surface area contributed by atoms with Crippen LogP contribution in [0, 0.1) is 0 Å². The van der Waals surface area contributed by atoms with Gasteiger partial charge in [0.05, 0.1) is 6.10 Å². The highest BCUT2D eigenvalue weighted by molar-refractivity contribution is 7.52. The summed E-state index contributed by atoms with van der Waals surface area (Å²) in [6, 6.07) is 11.4. The van der Waals surface area contributed by atoms with Gasteiger partial charge in [-0.2, -0.15) is 0 Å². The van der Waals surface area contributed by atoms with Crippen LogP contribution in [0.5, 0.6) is 0 Å². The molecule has 3 rings (SSSR count). The molecular formula is C16H24NOP. The first-order valence-electron chi connectivity index (χ1n) is 7.33. The topological polar surface area (TPSA) is 12.5 Å². The van der Waals surface area contributed by atoms with Gasteiger partial charge >= 0.3 is 0 Å². The fourth-order valence-electron chi connectivity index (χ4n) is 3.20. The van der Waals surface area contributed by atoms with E-state index in [0.29, 0.717) is 12.1 Å². The van der Waals surface area contributed by atoms with Gasteiger partial charge in [-0.25, -0.2) is 0 Å². The van der Waals surface area contributed by atoms with Crippen molar-refractivity contribution in [3.8, 4) is 0 Å². The van der Waals surface area contributed by atoms with Crippen molar-refractivity contribution >= 4 is 8.30 Å². The van der Waals surface area contributed by atoms with Crippen LogP contribution in [0.2, 0.25) is 0 Å². The van der Waals surface area contributed by atoms with Crippen molar-refractivity contribution in [2.24, 2.45) is 0 Å². The third kappa shape index (κ3) is 2.72. The average molecular weight is 277 g/mol. The number of benzene rings is 1. The smallest absolute Gasteiger partial charge is 0.110 e. The summed E-state index contributed by atoms with van der Waals surface area (Å²) in [5, 5.41) is 0.267. The predicted octanol–water partition coefficient (Wildman–Crippen LogP) is 4.20. The second-order valence-corrected chi connectivity index (χ2v) is 9.26.